The van der Waals surface area contributed by atoms with Gasteiger partial charge in [-0.1, -0.05) is 30.3 Å². The maximum atomic E-state index is 11.5. The maximum absolute atomic E-state index is 11.5. The van der Waals surface area contributed by atoms with E-state index in [1.54, 1.807) is 11.5 Å². The van der Waals surface area contributed by atoms with Gasteiger partial charge >= 0.3 is 5.97 Å². The molecule has 0 spiro atoms. The molecular weight excluding hydrogens is 278 g/mol. The fourth-order valence-electron chi connectivity index (χ4n) is 2.84. The van der Waals surface area contributed by atoms with Crippen molar-refractivity contribution in [3.05, 3.63) is 48.5 Å². The monoisotopic (exact) mass is 291 g/mol. The highest BCUT2D eigenvalue weighted by atomic mass is 16.4. The van der Waals surface area contributed by atoms with Crippen LogP contribution in [0.4, 0.5) is 0 Å². The number of aliphatic carboxylic acids is 1. The number of carboxylic acids is 1. The molecule has 5 nitrogen and oxygen atoms in total. The summed E-state index contributed by atoms with van der Waals surface area (Å²) in [6, 6.07) is 14.6. The summed E-state index contributed by atoms with van der Waals surface area (Å²) in [4.78, 5) is 20.8. The Labute approximate surface area is 125 Å². The van der Waals surface area contributed by atoms with Crippen LogP contribution in [0.2, 0.25) is 0 Å². The Balaban J connectivity index is 2.23. The minimum atomic E-state index is -0.891. The van der Waals surface area contributed by atoms with E-state index >= 15 is 0 Å². The van der Waals surface area contributed by atoms with Crippen LogP contribution in [0.25, 0.3) is 33.1 Å². The molecule has 1 atom stereocenters. The summed E-state index contributed by atoms with van der Waals surface area (Å²) in [5.74, 6) is -0.891. The second-order valence-electron chi connectivity index (χ2n) is 5.29. The van der Waals surface area contributed by atoms with Crippen LogP contribution in [0.15, 0.2) is 48.5 Å². The van der Waals surface area contributed by atoms with E-state index in [9.17, 15) is 9.90 Å². The minimum absolute atomic E-state index is 0.606. The molecule has 0 fully saturated rings. The van der Waals surface area contributed by atoms with E-state index in [0.29, 0.717) is 5.65 Å². The van der Waals surface area contributed by atoms with Crippen molar-refractivity contribution in [2.24, 2.45) is 0 Å². The van der Waals surface area contributed by atoms with Gasteiger partial charge in [0.2, 0.25) is 0 Å². The van der Waals surface area contributed by atoms with E-state index in [-0.39, 0.29) is 0 Å². The second kappa shape index (κ2) is 4.53. The summed E-state index contributed by atoms with van der Waals surface area (Å²) in [6.07, 6.45) is 0. The lowest BCUT2D eigenvalue weighted by molar-refractivity contribution is -0.140. The molecule has 0 aliphatic rings. The Hall–Kier alpha value is -2.95. The molecule has 0 amide bonds. The molecule has 5 heteroatoms. The number of para-hydroxylation sites is 3. The third-order valence-electron chi connectivity index (χ3n) is 3.94. The van der Waals surface area contributed by atoms with Crippen LogP contribution in [0.1, 0.15) is 13.0 Å². The van der Waals surface area contributed by atoms with Gasteiger partial charge in [-0.05, 0) is 25.1 Å². The lowest BCUT2D eigenvalue weighted by Gasteiger charge is -2.11. The van der Waals surface area contributed by atoms with Crippen LogP contribution in [0, 0.1) is 0 Å². The molecule has 0 aliphatic carbocycles. The first-order valence-electron chi connectivity index (χ1n) is 7.05. The maximum Gasteiger partial charge on any atom is 0.326 e. The summed E-state index contributed by atoms with van der Waals surface area (Å²) in [5, 5.41) is 10.3. The van der Waals surface area contributed by atoms with Crippen LogP contribution in [-0.4, -0.2) is 25.6 Å². The largest absolute Gasteiger partial charge is 0.480 e. The highest BCUT2D eigenvalue weighted by Crippen LogP contribution is 2.30. The molecule has 0 saturated heterocycles. The van der Waals surface area contributed by atoms with Crippen molar-refractivity contribution in [2.75, 3.05) is 0 Å². The summed E-state index contributed by atoms with van der Waals surface area (Å²) >= 11 is 0. The number of benzene rings is 2. The van der Waals surface area contributed by atoms with Crippen LogP contribution in [0.5, 0.6) is 0 Å². The fraction of sp³-hybridized carbons (Fsp3) is 0.118. The number of rotatable bonds is 2. The van der Waals surface area contributed by atoms with Gasteiger partial charge in [0.05, 0.1) is 16.6 Å². The van der Waals surface area contributed by atoms with Gasteiger partial charge in [-0.25, -0.2) is 14.8 Å². The van der Waals surface area contributed by atoms with Gasteiger partial charge in [-0.15, -0.1) is 0 Å². The molecule has 1 N–H and O–H groups in total. The molecule has 0 bridgehead atoms. The third kappa shape index (κ3) is 1.69. The normalized spacial score (nSPS) is 13.0. The molecular formula is C17H13N3O2. The van der Waals surface area contributed by atoms with Crippen LogP contribution in [-0.2, 0) is 4.79 Å². The van der Waals surface area contributed by atoms with Gasteiger partial charge in [-0.3, -0.25) is 0 Å². The second-order valence-corrected chi connectivity index (χ2v) is 5.29. The molecule has 108 valence electrons. The molecule has 2 heterocycles. The number of nitrogens with zero attached hydrogens (tertiary/aromatic N) is 3. The molecule has 0 radical (unpaired) electrons. The number of carboxylic acid groups (broad SMARTS) is 1. The van der Waals surface area contributed by atoms with Crippen molar-refractivity contribution in [1.82, 2.24) is 14.5 Å². The highest BCUT2D eigenvalue weighted by Gasteiger charge is 2.21. The van der Waals surface area contributed by atoms with Gasteiger partial charge < -0.3 is 9.67 Å². The Morgan fingerprint density at radius 1 is 1.05 bits per heavy atom. The first-order chi connectivity index (χ1) is 10.7. The number of carbonyl (C=O) groups is 1. The van der Waals surface area contributed by atoms with E-state index < -0.39 is 12.0 Å². The van der Waals surface area contributed by atoms with Crippen molar-refractivity contribution >= 4 is 39.1 Å². The van der Waals surface area contributed by atoms with Crippen molar-refractivity contribution in [1.29, 1.82) is 0 Å². The Bertz CT molecular complexity index is 1040. The van der Waals surface area contributed by atoms with Crippen molar-refractivity contribution < 1.29 is 9.90 Å². The first-order valence-corrected chi connectivity index (χ1v) is 7.05. The minimum Gasteiger partial charge on any atom is -0.480 e. The summed E-state index contributed by atoms with van der Waals surface area (Å²) < 4.78 is 1.74. The van der Waals surface area contributed by atoms with Gasteiger partial charge in [0.25, 0.3) is 0 Å². The van der Waals surface area contributed by atoms with Crippen LogP contribution in [0.3, 0.4) is 0 Å². The fourth-order valence-corrected chi connectivity index (χ4v) is 2.84. The molecule has 4 rings (SSSR count). The van der Waals surface area contributed by atoms with Gasteiger partial charge in [0.15, 0.2) is 5.65 Å². The zero-order valence-electron chi connectivity index (χ0n) is 11.9. The van der Waals surface area contributed by atoms with Gasteiger partial charge in [-0.2, -0.15) is 0 Å². The summed E-state index contributed by atoms with van der Waals surface area (Å²) in [6.45, 7) is 1.66. The van der Waals surface area contributed by atoms with Gasteiger partial charge in [0.1, 0.15) is 11.6 Å². The van der Waals surface area contributed by atoms with Crippen molar-refractivity contribution in [3.63, 3.8) is 0 Å². The molecule has 0 aliphatic heterocycles. The molecule has 1 unspecified atom stereocenters. The zero-order valence-corrected chi connectivity index (χ0v) is 11.9. The summed E-state index contributed by atoms with van der Waals surface area (Å²) in [7, 11) is 0. The first kappa shape index (κ1) is 12.8. The number of aromatic nitrogens is 3. The number of fused-ring (bicyclic) bond motifs is 4. The third-order valence-corrected chi connectivity index (χ3v) is 3.94. The molecule has 0 saturated carbocycles. The number of hydrogen-bond acceptors (Lipinski definition) is 3. The lowest BCUT2D eigenvalue weighted by atomic mass is 10.2. The zero-order chi connectivity index (χ0) is 15.3. The standard InChI is InChI=1S/C17H13N3O2/c1-10(17(21)22)20-14-9-5-2-6-11(14)15-16(20)19-13-8-4-3-7-12(13)18-15/h2-10H,1H3,(H,21,22). The lowest BCUT2D eigenvalue weighted by Crippen LogP contribution is -2.15. The predicted octanol–water partition coefficient (Wildman–Crippen LogP) is 3.38. The average Bonchev–Trinajstić information content (AvgIpc) is 2.85. The van der Waals surface area contributed by atoms with E-state index in [2.05, 4.69) is 4.98 Å². The molecule has 2 aromatic carbocycles. The van der Waals surface area contributed by atoms with E-state index in [0.717, 1.165) is 27.5 Å². The van der Waals surface area contributed by atoms with E-state index in [4.69, 9.17) is 4.98 Å². The number of hydrogen-bond donors (Lipinski definition) is 1. The Kier molecular flexibility index (Phi) is 2.63. The highest BCUT2D eigenvalue weighted by molar-refractivity contribution is 6.07. The van der Waals surface area contributed by atoms with Crippen molar-refractivity contribution in [2.45, 2.75) is 13.0 Å². The molecule has 4 aromatic rings. The van der Waals surface area contributed by atoms with Crippen LogP contribution < -0.4 is 0 Å². The Morgan fingerprint density at radius 3 is 2.41 bits per heavy atom. The van der Waals surface area contributed by atoms with Gasteiger partial charge in [0, 0.05) is 5.39 Å². The quantitative estimate of drug-likeness (QED) is 0.614. The SMILES string of the molecule is CC(C(=O)O)n1c2ccccc2c2nc3ccccc3nc21. The topological polar surface area (TPSA) is 68.0 Å². The average molecular weight is 291 g/mol. The van der Waals surface area contributed by atoms with E-state index in [1.807, 2.05) is 48.5 Å². The van der Waals surface area contributed by atoms with Crippen LogP contribution >= 0.6 is 0 Å². The van der Waals surface area contributed by atoms with E-state index in [1.165, 1.54) is 0 Å². The Morgan fingerprint density at radius 2 is 1.68 bits per heavy atom. The molecule has 22 heavy (non-hydrogen) atoms. The van der Waals surface area contributed by atoms with Crippen molar-refractivity contribution in [3.8, 4) is 0 Å². The predicted molar refractivity (Wildman–Crippen MR) is 84.9 cm³/mol. The summed E-state index contributed by atoms with van der Waals surface area (Å²) in [5.41, 5.74) is 3.75. The smallest absolute Gasteiger partial charge is 0.326 e. The molecule has 2 aromatic heterocycles.